The number of imidazole rings is 1. The van der Waals surface area contributed by atoms with Crippen molar-refractivity contribution in [2.45, 2.75) is 25.2 Å². The maximum atomic E-state index is 11.8. The van der Waals surface area contributed by atoms with E-state index in [0.29, 0.717) is 16.7 Å². The van der Waals surface area contributed by atoms with Crippen LogP contribution in [0.4, 0.5) is 10.8 Å². The lowest BCUT2D eigenvalue weighted by Crippen LogP contribution is -2.13. The summed E-state index contributed by atoms with van der Waals surface area (Å²) >= 11 is 1.50. The zero-order valence-corrected chi connectivity index (χ0v) is 17.4. The Morgan fingerprint density at radius 1 is 1.21 bits per heavy atom. The standard InChI is InChI=1S/C19H21N5O2S2/c1-11(2)8-12-4-5-13(28(20,25)26)9-14(12)22-19-23-18-16(27-19)7-6-15-17(18)21-10-24(15)3/h4-7,9-11H,8H2,1-3H3,(H,22,23)(H2,20,25,26). The average molecular weight is 416 g/mol. The third-order valence-corrected chi connectivity index (χ3v) is 6.38. The second-order valence-corrected chi connectivity index (χ2v) is 9.83. The van der Waals surface area contributed by atoms with Crippen molar-refractivity contribution in [2.24, 2.45) is 18.1 Å². The number of hydrogen-bond acceptors (Lipinski definition) is 6. The minimum absolute atomic E-state index is 0.0794. The number of thiazole rings is 1. The fourth-order valence-corrected chi connectivity index (χ4v) is 4.64. The van der Waals surface area contributed by atoms with Gasteiger partial charge in [0, 0.05) is 12.7 Å². The number of nitrogens with one attached hydrogen (secondary N) is 1. The van der Waals surface area contributed by atoms with Crippen LogP contribution in [-0.2, 0) is 23.5 Å². The Kier molecular flexibility index (Phi) is 4.60. The summed E-state index contributed by atoms with van der Waals surface area (Å²) in [5.74, 6) is 0.421. The molecular weight excluding hydrogens is 394 g/mol. The van der Waals surface area contributed by atoms with Gasteiger partial charge in [-0.05, 0) is 42.2 Å². The van der Waals surface area contributed by atoms with Crippen LogP contribution < -0.4 is 10.5 Å². The Hall–Kier alpha value is -2.49. The van der Waals surface area contributed by atoms with Gasteiger partial charge in [0.1, 0.15) is 11.0 Å². The molecule has 0 saturated heterocycles. The maximum Gasteiger partial charge on any atom is 0.238 e. The van der Waals surface area contributed by atoms with Crippen LogP contribution in [0, 0.1) is 5.92 Å². The molecule has 0 fully saturated rings. The van der Waals surface area contributed by atoms with E-state index in [2.05, 4.69) is 24.1 Å². The molecule has 0 atom stereocenters. The predicted molar refractivity (Wildman–Crippen MR) is 114 cm³/mol. The van der Waals surface area contributed by atoms with Crippen molar-refractivity contribution in [1.82, 2.24) is 14.5 Å². The van der Waals surface area contributed by atoms with Crippen molar-refractivity contribution in [1.29, 1.82) is 0 Å². The molecule has 2 heterocycles. The molecule has 2 aromatic heterocycles. The van der Waals surface area contributed by atoms with Crippen molar-refractivity contribution in [3.63, 3.8) is 0 Å². The highest BCUT2D eigenvalue weighted by Crippen LogP contribution is 2.34. The summed E-state index contributed by atoms with van der Waals surface area (Å²) in [6.45, 7) is 4.24. The number of rotatable bonds is 5. The van der Waals surface area contributed by atoms with E-state index in [9.17, 15) is 8.42 Å². The lowest BCUT2D eigenvalue weighted by Gasteiger charge is -2.13. The molecule has 0 amide bonds. The van der Waals surface area contributed by atoms with E-state index in [1.54, 1.807) is 18.5 Å². The number of nitrogens with two attached hydrogens (primary N) is 1. The molecule has 0 radical (unpaired) electrons. The Bertz CT molecular complexity index is 1290. The Labute approximate surface area is 167 Å². The molecule has 0 aliphatic carbocycles. The number of aryl methyl sites for hydroxylation is 1. The van der Waals surface area contributed by atoms with Gasteiger partial charge in [-0.2, -0.15) is 0 Å². The van der Waals surface area contributed by atoms with Gasteiger partial charge >= 0.3 is 0 Å². The van der Waals surface area contributed by atoms with Crippen molar-refractivity contribution in [3.8, 4) is 0 Å². The van der Waals surface area contributed by atoms with Crippen molar-refractivity contribution < 1.29 is 8.42 Å². The first kappa shape index (κ1) is 18.9. The molecule has 28 heavy (non-hydrogen) atoms. The van der Waals surface area contributed by atoms with E-state index in [0.717, 1.165) is 33.2 Å². The molecule has 146 valence electrons. The van der Waals surface area contributed by atoms with Crippen molar-refractivity contribution >= 4 is 53.4 Å². The molecule has 2 aromatic carbocycles. The van der Waals surface area contributed by atoms with Crippen LogP contribution in [0.15, 0.2) is 41.6 Å². The molecule has 0 unspecified atom stereocenters. The van der Waals surface area contributed by atoms with Crippen LogP contribution in [0.1, 0.15) is 19.4 Å². The summed E-state index contributed by atoms with van der Waals surface area (Å²) in [6.07, 6.45) is 2.58. The zero-order chi connectivity index (χ0) is 20.1. The van der Waals surface area contributed by atoms with E-state index in [1.165, 1.54) is 11.3 Å². The number of nitrogens with zero attached hydrogens (tertiary/aromatic N) is 3. The normalized spacial score (nSPS) is 12.3. The van der Waals surface area contributed by atoms with Gasteiger partial charge in [0.25, 0.3) is 0 Å². The van der Waals surface area contributed by atoms with Crippen LogP contribution in [-0.4, -0.2) is 23.0 Å². The third kappa shape index (κ3) is 3.48. The summed E-state index contributed by atoms with van der Waals surface area (Å²) in [7, 11) is -1.84. The number of aromatic nitrogens is 3. The number of fused-ring (bicyclic) bond motifs is 3. The Balaban J connectivity index is 1.79. The highest BCUT2D eigenvalue weighted by atomic mass is 32.2. The van der Waals surface area contributed by atoms with E-state index in [4.69, 9.17) is 10.1 Å². The van der Waals surface area contributed by atoms with Gasteiger partial charge in [-0.3, -0.25) is 0 Å². The SMILES string of the molecule is CC(C)Cc1ccc(S(N)(=O)=O)cc1Nc1nc2c(ccc3c2ncn3C)s1. The third-order valence-electron chi connectivity index (χ3n) is 4.53. The van der Waals surface area contributed by atoms with Crippen LogP contribution in [0.3, 0.4) is 0 Å². The number of benzene rings is 2. The fraction of sp³-hybridized carbons (Fsp3) is 0.263. The molecule has 4 aromatic rings. The summed E-state index contributed by atoms with van der Waals surface area (Å²) < 4.78 is 26.5. The smallest absolute Gasteiger partial charge is 0.238 e. The van der Waals surface area contributed by atoms with Crippen molar-refractivity contribution in [3.05, 3.63) is 42.2 Å². The van der Waals surface area contributed by atoms with E-state index in [-0.39, 0.29) is 4.90 Å². The molecule has 0 spiro atoms. The molecular formula is C19H21N5O2S2. The van der Waals surface area contributed by atoms with Crippen LogP contribution in [0.2, 0.25) is 0 Å². The second-order valence-electron chi connectivity index (χ2n) is 7.24. The number of primary sulfonamides is 1. The summed E-state index contributed by atoms with van der Waals surface area (Å²) in [6, 6.07) is 8.99. The first-order chi connectivity index (χ1) is 13.2. The lowest BCUT2D eigenvalue weighted by atomic mass is 10.0. The zero-order valence-electron chi connectivity index (χ0n) is 15.8. The highest BCUT2D eigenvalue weighted by molar-refractivity contribution is 7.89. The van der Waals surface area contributed by atoms with Crippen LogP contribution >= 0.6 is 11.3 Å². The van der Waals surface area contributed by atoms with Crippen LogP contribution in [0.25, 0.3) is 21.3 Å². The second kappa shape index (κ2) is 6.84. The minimum atomic E-state index is -3.78. The van der Waals surface area contributed by atoms with Gasteiger partial charge in [-0.25, -0.2) is 23.5 Å². The Morgan fingerprint density at radius 2 is 2.00 bits per heavy atom. The fourth-order valence-electron chi connectivity index (χ4n) is 3.22. The van der Waals surface area contributed by atoms with Gasteiger partial charge in [-0.15, -0.1) is 0 Å². The highest BCUT2D eigenvalue weighted by Gasteiger charge is 2.15. The largest absolute Gasteiger partial charge is 0.334 e. The van der Waals surface area contributed by atoms with Gasteiger partial charge < -0.3 is 9.88 Å². The van der Waals surface area contributed by atoms with Gasteiger partial charge in [0.15, 0.2) is 5.13 Å². The first-order valence-electron chi connectivity index (χ1n) is 8.85. The van der Waals surface area contributed by atoms with Gasteiger partial charge in [0.05, 0.1) is 21.4 Å². The molecule has 4 rings (SSSR count). The van der Waals surface area contributed by atoms with Gasteiger partial charge in [0.2, 0.25) is 10.0 Å². The topological polar surface area (TPSA) is 103 Å². The summed E-state index contributed by atoms with van der Waals surface area (Å²) in [4.78, 5) is 9.25. The monoisotopic (exact) mass is 415 g/mol. The van der Waals surface area contributed by atoms with Gasteiger partial charge in [-0.1, -0.05) is 31.3 Å². The Morgan fingerprint density at radius 3 is 2.71 bits per heavy atom. The molecule has 9 heteroatoms. The molecule has 3 N–H and O–H groups in total. The van der Waals surface area contributed by atoms with E-state index < -0.39 is 10.0 Å². The summed E-state index contributed by atoms with van der Waals surface area (Å²) in [5, 5.41) is 9.31. The van der Waals surface area contributed by atoms with Crippen molar-refractivity contribution in [2.75, 3.05) is 5.32 Å². The molecule has 0 aliphatic rings. The van der Waals surface area contributed by atoms with Crippen LogP contribution in [0.5, 0.6) is 0 Å². The van der Waals surface area contributed by atoms with E-state index >= 15 is 0 Å². The number of sulfonamides is 1. The van der Waals surface area contributed by atoms with E-state index in [1.807, 2.05) is 29.8 Å². The lowest BCUT2D eigenvalue weighted by molar-refractivity contribution is 0.597. The molecule has 0 saturated carbocycles. The quantitative estimate of drug-likeness (QED) is 0.516. The minimum Gasteiger partial charge on any atom is -0.334 e. The predicted octanol–water partition coefficient (Wildman–Crippen LogP) is 3.77. The average Bonchev–Trinajstić information content (AvgIpc) is 3.18. The molecule has 0 bridgehead atoms. The maximum absolute atomic E-state index is 11.8. The molecule has 7 nitrogen and oxygen atoms in total. The summed E-state index contributed by atoms with van der Waals surface area (Å²) in [5.41, 5.74) is 4.42. The number of hydrogen-bond donors (Lipinski definition) is 2. The first-order valence-corrected chi connectivity index (χ1v) is 11.2. The number of anilines is 2. The molecule has 0 aliphatic heterocycles.